The maximum absolute atomic E-state index is 5.62. The van der Waals surface area contributed by atoms with Crippen LogP contribution >= 0.6 is 12.2 Å². The maximum atomic E-state index is 5.62. The highest BCUT2D eigenvalue weighted by Gasteiger charge is 2.11. The summed E-state index contributed by atoms with van der Waals surface area (Å²) in [4.78, 5) is 9.57. The maximum Gasteiger partial charge on any atom is 0.246 e. The Morgan fingerprint density at radius 1 is 1.12 bits per heavy atom. The Labute approximate surface area is 105 Å². The van der Waals surface area contributed by atoms with Crippen molar-refractivity contribution in [2.45, 2.75) is 0 Å². The van der Waals surface area contributed by atoms with Gasteiger partial charge in [0.1, 0.15) is 0 Å². The largest absolute Gasteiger partial charge is 0.373 e. The summed E-state index contributed by atoms with van der Waals surface area (Å²) in [5.41, 5.74) is 6.38. The van der Waals surface area contributed by atoms with Gasteiger partial charge in [-0.3, -0.25) is 0 Å². The van der Waals surface area contributed by atoms with Crippen molar-refractivity contribution >= 4 is 23.0 Å². The van der Waals surface area contributed by atoms with Crippen molar-refractivity contribution in [2.24, 2.45) is 5.73 Å². The first kappa shape index (κ1) is 11.3. The minimum Gasteiger partial charge on any atom is -0.373 e. The molecule has 0 amide bonds. The number of nitrogens with zero attached hydrogens (tertiary/aromatic N) is 2. The van der Waals surface area contributed by atoms with Gasteiger partial charge in [0.05, 0.1) is 5.69 Å². The van der Waals surface area contributed by atoms with E-state index < -0.39 is 0 Å². The Bertz CT molecular complexity index is 490. The lowest BCUT2D eigenvalue weighted by Gasteiger charge is -2.21. The molecular weight excluding hydrogens is 234 g/mol. The third-order valence-electron chi connectivity index (χ3n) is 2.01. The molecule has 0 aliphatic rings. The number of para-hydroxylation sites is 1. The molecule has 0 radical (unpaired) electrons. The first-order valence-electron chi connectivity index (χ1n) is 5.01. The van der Waals surface area contributed by atoms with Crippen LogP contribution in [0.1, 0.15) is 0 Å². The first-order chi connectivity index (χ1) is 8.27. The molecule has 0 fully saturated rings. The molecule has 2 rings (SSSR count). The van der Waals surface area contributed by atoms with E-state index in [4.69, 9.17) is 22.8 Å². The third kappa shape index (κ3) is 2.92. The van der Waals surface area contributed by atoms with Crippen molar-refractivity contribution in [3.63, 3.8) is 0 Å². The van der Waals surface area contributed by atoms with Crippen LogP contribution in [0.15, 0.2) is 54.7 Å². The van der Waals surface area contributed by atoms with Crippen LogP contribution in [0.25, 0.3) is 0 Å². The number of anilines is 1. The van der Waals surface area contributed by atoms with Crippen LogP contribution in [0.4, 0.5) is 5.69 Å². The van der Waals surface area contributed by atoms with E-state index in [1.807, 2.05) is 36.4 Å². The number of hydrogen-bond donors (Lipinski definition) is 1. The van der Waals surface area contributed by atoms with Crippen LogP contribution < -0.4 is 15.6 Å². The summed E-state index contributed by atoms with van der Waals surface area (Å²) in [6, 6.07) is 14.7. The lowest BCUT2D eigenvalue weighted by molar-refractivity contribution is 0.322. The van der Waals surface area contributed by atoms with Crippen LogP contribution in [0.2, 0.25) is 0 Å². The molecule has 17 heavy (non-hydrogen) atoms. The van der Waals surface area contributed by atoms with Gasteiger partial charge in [-0.15, -0.1) is 5.06 Å². The highest BCUT2D eigenvalue weighted by molar-refractivity contribution is 7.80. The minimum atomic E-state index is 0.127. The molecule has 86 valence electrons. The SMILES string of the molecule is NC(=S)N(Oc1ccccn1)c1ccccc1. The molecule has 0 bridgehead atoms. The van der Waals surface area contributed by atoms with Gasteiger partial charge in [-0.25, -0.2) is 4.98 Å². The highest BCUT2D eigenvalue weighted by Crippen LogP contribution is 2.16. The van der Waals surface area contributed by atoms with Gasteiger partial charge in [0.15, 0.2) is 0 Å². The molecule has 0 aliphatic heterocycles. The van der Waals surface area contributed by atoms with E-state index in [1.54, 1.807) is 18.3 Å². The molecule has 1 heterocycles. The Hall–Kier alpha value is -2.14. The molecule has 0 atom stereocenters. The van der Waals surface area contributed by atoms with Crippen molar-refractivity contribution in [2.75, 3.05) is 5.06 Å². The molecule has 4 nitrogen and oxygen atoms in total. The van der Waals surface area contributed by atoms with Crippen molar-refractivity contribution in [1.82, 2.24) is 4.98 Å². The lowest BCUT2D eigenvalue weighted by Crippen LogP contribution is -2.38. The number of hydrogen-bond acceptors (Lipinski definition) is 3. The number of nitrogens with two attached hydrogens (primary N) is 1. The van der Waals surface area contributed by atoms with E-state index in [1.165, 1.54) is 5.06 Å². The lowest BCUT2D eigenvalue weighted by atomic mass is 10.3. The summed E-state index contributed by atoms with van der Waals surface area (Å²) >= 11 is 4.95. The normalized spacial score (nSPS) is 9.65. The van der Waals surface area contributed by atoms with Crippen molar-refractivity contribution < 1.29 is 4.84 Å². The van der Waals surface area contributed by atoms with E-state index in [0.29, 0.717) is 5.88 Å². The predicted molar refractivity (Wildman–Crippen MR) is 70.6 cm³/mol. The van der Waals surface area contributed by atoms with Crippen LogP contribution in [0.5, 0.6) is 5.88 Å². The predicted octanol–water partition coefficient (Wildman–Crippen LogP) is 2.13. The fraction of sp³-hybridized carbons (Fsp3) is 0. The number of hydroxylamine groups is 1. The quantitative estimate of drug-likeness (QED) is 0.663. The van der Waals surface area contributed by atoms with E-state index in [2.05, 4.69) is 4.98 Å². The first-order valence-corrected chi connectivity index (χ1v) is 5.42. The summed E-state index contributed by atoms with van der Waals surface area (Å²) in [7, 11) is 0. The molecule has 2 N–H and O–H groups in total. The van der Waals surface area contributed by atoms with Gasteiger partial charge in [-0.1, -0.05) is 24.3 Å². The fourth-order valence-corrected chi connectivity index (χ4v) is 1.43. The standard InChI is InChI=1S/C12H11N3OS/c13-12(17)15(10-6-2-1-3-7-10)16-11-8-4-5-9-14-11/h1-9H,(H2,13,17). The summed E-state index contributed by atoms with van der Waals surface area (Å²) in [6.07, 6.45) is 1.64. The molecule has 1 aromatic carbocycles. The van der Waals surface area contributed by atoms with Crippen LogP contribution in [-0.2, 0) is 0 Å². The van der Waals surface area contributed by atoms with Crippen molar-refractivity contribution in [3.05, 3.63) is 54.7 Å². The van der Waals surface area contributed by atoms with E-state index in [-0.39, 0.29) is 5.11 Å². The van der Waals surface area contributed by atoms with Crippen LogP contribution in [0, 0.1) is 0 Å². The van der Waals surface area contributed by atoms with Crippen LogP contribution in [0.3, 0.4) is 0 Å². The molecule has 0 saturated carbocycles. The molecule has 0 spiro atoms. The smallest absolute Gasteiger partial charge is 0.246 e. The van der Waals surface area contributed by atoms with Gasteiger partial charge in [0.25, 0.3) is 0 Å². The molecule has 0 saturated heterocycles. The van der Waals surface area contributed by atoms with Crippen LogP contribution in [-0.4, -0.2) is 10.1 Å². The molecule has 1 aromatic heterocycles. The summed E-state index contributed by atoms with van der Waals surface area (Å²) < 4.78 is 0. The zero-order chi connectivity index (χ0) is 12.1. The Morgan fingerprint density at radius 3 is 2.41 bits per heavy atom. The summed E-state index contributed by atoms with van der Waals surface area (Å²) in [5, 5.41) is 1.49. The number of benzene rings is 1. The summed E-state index contributed by atoms with van der Waals surface area (Å²) in [6.45, 7) is 0. The average molecular weight is 245 g/mol. The number of rotatable bonds is 3. The van der Waals surface area contributed by atoms with Gasteiger partial charge in [0.2, 0.25) is 11.0 Å². The topological polar surface area (TPSA) is 51.4 Å². The molecule has 0 unspecified atom stereocenters. The highest BCUT2D eigenvalue weighted by atomic mass is 32.1. The van der Waals surface area contributed by atoms with E-state index in [0.717, 1.165) is 5.69 Å². The second-order valence-electron chi connectivity index (χ2n) is 3.23. The number of aromatic nitrogens is 1. The Balaban J connectivity index is 2.23. The summed E-state index contributed by atoms with van der Waals surface area (Å²) in [5.74, 6) is 0.434. The molecular formula is C12H11N3OS. The molecule has 5 heteroatoms. The molecule has 0 aliphatic carbocycles. The third-order valence-corrected chi connectivity index (χ3v) is 2.18. The second-order valence-corrected chi connectivity index (χ2v) is 3.65. The van der Waals surface area contributed by atoms with E-state index in [9.17, 15) is 0 Å². The Morgan fingerprint density at radius 2 is 1.82 bits per heavy atom. The van der Waals surface area contributed by atoms with Gasteiger partial charge in [-0.05, 0) is 30.4 Å². The average Bonchev–Trinajstić information content (AvgIpc) is 2.38. The number of thiocarbonyl (C=S) groups is 1. The van der Waals surface area contributed by atoms with Gasteiger partial charge < -0.3 is 10.6 Å². The fourth-order valence-electron chi connectivity index (χ4n) is 1.28. The van der Waals surface area contributed by atoms with Gasteiger partial charge in [0, 0.05) is 12.3 Å². The monoisotopic (exact) mass is 245 g/mol. The van der Waals surface area contributed by atoms with Gasteiger partial charge >= 0.3 is 0 Å². The molecule has 2 aromatic rings. The van der Waals surface area contributed by atoms with E-state index >= 15 is 0 Å². The van der Waals surface area contributed by atoms with Crippen molar-refractivity contribution in [1.29, 1.82) is 0 Å². The zero-order valence-electron chi connectivity index (χ0n) is 8.98. The minimum absolute atomic E-state index is 0.127. The number of pyridine rings is 1. The zero-order valence-corrected chi connectivity index (χ0v) is 9.80. The second kappa shape index (κ2) is 5.27. The van der Waals surface area contributed by atoms with Gasteiger partial charge in [-0.2, -0.15) is 0 Å². The Kier molecular flexibility index (Phi) is 3.52. The van der Waals surface area contributed by atoms with Crippen molar-refractivity contribution in [3.8, 4) is 5.88 Å².